The number of rotatable bonds is 20. The van der Waals surface area contributed by atoms with Gasteiger partial charge in [-0.15, -0.1) is 0 Å². The van der Waals surface area contributed by atoms with Crippen molar-refractivity contribution in [2.24, 2.45) is 0 Å². The predicted octanol–water partition coefficient (Wildman–Crippen LogP) is 10.5. The van der Waals surface area contributed by atoms with E-state index in [0.29, 0.717) is 52.7 Å². The number of benzene rings is 6. The Kier molecular flexibility index (Phi) is 16.3. The zero-order valence-electron chi connectivity index (χ0n) is 35.2. The molecule has 7 rings (SSSR count). The normalized spacial score (nSPS) is 14.5. The van der Waals surface area contributed by atoms with Gasteiger partial charge < -0.3 is 28.4 Å². The van der Waals surface area contributed by atoms with Gasteiger partial charge in [-0.2, -0.15) is 0 Å². The summed E-state index contributed by atoms with van der Waals surface area (Å²) >= 11 is 0. The third-order valence-corrected chi connectivity index (χ3v) is 10.4. The Hall–Kier alpha value is -6.74. The second-order valence-electron chi connectivity index (χ2n) is 14.9. The molecule has 1 fully saturated rings. The average Bonchev–Trinajstić information content (AvgIpc) is 3.70. The predicted molar refractivity (Wildman–Crippen MR) is 247 cm³/mol. The molecule has 0 aromatic heterocycles. The molecular formula is C55H53NO6. The van der Waals surface area contributed by atoms with Crippen LogP contribution >= 0.6 is 0 Å². The molecule has 6 aromatic carbocycles. The van der Waals surface area contributed by atoms with E-state index >= 15 is 0 Å². The first-order valence-electron chi connectivity index (χ1n) is 21.2. The van der Waals surface area contributed by atoms with E-state index in [1.54, 1.807) is 0 Å². The number of fused-ring (bicyclic) bond motifs is 1. The molecule has 1 saturated heterocycles. The van der Waals surface area contributed by atoms with Crippen LogP contribution in [0.4, 0.5) is 0 Å². The minimum Gasteiger partial charge on any atom is -0.502 e. The van der Waals surface area contributed by atoms with Crippen LogP contribution < -0.4 is 9.47 Å². The summed E-state index contributed by atoms with van der Waals surface area (Å²) in [6, 6.07) is 47.2. The molecule has 7 heteroatoms. The van der Waals surface area contributed by atoms with Gasteiger partial charge in [-0.1, -0.05) is 110 Å². The Bertz CT molecular complexity index is 2360. The maximum atomic E-state index is 6.87. The topological polar surface area (TPSA) is 58.6 Å². The molecular weight excluding hydrogens is 771 g/mol. The summed E-state index contributed by atoms with van der Waals surface area (Å²) in [6.07, 6.45) is 3.88. The van der Waals surface area contributed by atoms with Crippen LogP contribution in [0.25, 0.3) is 10.8 Å². The van der Waals surface area contributed by atoms with Crippen LogP contribution in [0.15, 0.2) is 165 Å². The molecule has 2 unspecified atom stereocenters. The number of hydrogen-bond donors (Lipinski definition) is 0. The zero-order valence-corrected chi connectivity index (χ0v) is 35.2. The van der Waals surface area contributed by atoms with E-state index < -0.39 is 0 Å². The first kappa shape index (κ1) is 43.4. The second-order valence-corrected chi connectivity index (χ2v) is 14.9. The van der Waals surface area contributed by atoms with Crippen LogP contribution in [0.5, 0.6) is 11.5 Å². The number of likely N-dealkylation sites (tertiary alicyclic amines) is 1. The highest BCUT2D eigenvalue weighted by atomic mass is 16.5. The van der Waals surface area contributed by atoms with E-state index in [4.69, 9.17) is 28.4 Å². The van der Waals surface area contributed by atoms with E-state index in [0.717, 1.165) is 64.3 Å². The summed E-state index contributed by atoms with van der Waals surface area (Å²) < 4.78 is 37.0. The molecule has 0 N–H and O–H groups in total. The van der Waals surface area contributed by atoms with Gasteiger partial charge in [0.1, 0.15) is 11.5 Å². The SMILES string of the molecule is C=COCCCOc1ccc(C#Cc2ccccc2)cc1COC1CN(Cc2ccc3ccccc3c2)CC1OCc1cc(C#Cc2ccccc2)ccc1OCCCOC=C. The Labute approximate surface area is 366 Å². The van der Waals surface area contributed by atoms with Crippen molar-refractivity contribution in [1.29, 1.82) is 0 Å². The van der Waals surface area contributed by atoms with Crippen molar-refractivity contribution in [2.75, 3.05) is 39.5 Å². The van der Waals surface area contributed by atoms with E-state index in [1.165, 1.54) is 28.9 Å². The van der Waals surface area contributed by atoms with E-state index in [2.05, 4.69) is 96.3 Å². The molecule has 62 heavy (non-hydrogen) atoms. The summed E-state index contributed by atoms with van der Waals surface area (Å²) in [5, 5.41) is 2.45. The molecule has 1 aliphatic heterocycles. The average molecular weight is 824 g/mol. The van der Waals surface area contributed by atoms with Gasteiger partial charge in [0.25, 0.3) is 0 Å². The molecule has 0 spiro atoms. The molecule has 2 atom stereocenters. The molecule has 0 saturated carbocycles. The minimum atomic E-state index is -0.232. The molecule has 0 radical (unpaired) electrons. The van der Waals surface area contributed by atoms with Crippen molar-refractivity contribution in [1.82, 2.24) is 4.90 Å². The van der Waals surface area contributed by atoms with Gasteiger partial charge in [-0.25, -0.2) is 0 Å². The van der Waals surface area contributed by atoms with Gasteiger partial charge in [0.15, 0.2) is 0 Å². The quantitative estimate of drug-likeness (QED) is 0.0432. The van der Waals surface area contributed by atoms with Crippen molar-refractivity contribution in [3.63, 3.8) is 0 Å². The van der Waals surface area contributed by atoms with Crippen molar-refractivity contribution in [2.45, 2.75) is 44.8 Å². The van der Waals surface area contributed by atoms with Crippen LogP contribution in [-0.4, -0.2) is 56.6 Å². The lowest BCUT2D eigenvalue weighted by molar-refractivity contribution is -0.0598. The molecule has 0 amide bonds. The second kappa shape index (κ2) is 23.3. The van der Waals surface area contributed by atoms with Gasteiger partial charge in [-0.05, 0) is 83.1 Å². The highest BCUT2D eigenvalue weighted by Gasteiger charge is 2.35. The third kappa shape index (κ3) is 13.1. The molecule has 6 aromatic rings. The Morgan fingerprint density at radius 2 is 0.984 bits per heavy atom. The first-order chi connectivity index (χ1) is 30.6. The number of hydrogen-bond acceptors (Lipinski definition) is 7. The molecule has 0 aliphatic carbocycles. The standard InChI is InChI=1S/C55H53NO6/c1-3-57-31-13-33-59-52-29-26-45(23-21-43-15-7-5-8-16-43)35-50(52)41-61-54-39-56(38-47-25-28-48-19-11-12-20-49(48)37-47)40-55(54)62-42-51-36-46(24-22-44-17-9-6-10-18-44)27-30-53(51)60-34-14-32-58-4-2/h3-12,15-20,25-30,35-37,54-55H,1-2,13-14,31-34,38-42H2. The van der Waals surface area contributed by atoms with Crippen molar-refractivity contribution in [3.8, 4) is 35.2 Å². The van der Waals surface area contributed by atoms with Gasteiger partial charge in [0.2, 0.25) is 0 Å². The van der Waals surface area contributed by atoms with E-state index in [1.807, 2.05) is 84.9 Å². The summed E-state index contributed by atoms with van der Waals surface area (Å²) in [6.45, 7) is 12.1. The van der Waals surface area contributed by atoms with E-state index in [-0.39, 0.29) is 12.2 Å². The smallest absolute Gasteiger partial charge is 0.124 e. The summed E-state index contributed by atoms with van der Waals surface area (Å²) in [5.74, 6) is 14.7. The molecule has 7 nitrogen and oxygen atoms in total. The third-order valence-electron chi connectivity index (χ3n) is 10.4. The summed E-state index contributed by atoms with van der Waals surface area (Å²) in [7, 11) is 0. The maximum absolute atomic E-state index is 6.87. The van der Waals surface area contributed by atoms with Crippen molar-refractivity contribution < 1.29 is 28.4 Å². The van der Waals surface area contributed by atoms with Gasteiger partial charge >= 0.3 is 0 Å². The van der Waals surface area contributed by atoms with Gasteiger partial charge in [0, 0.05) is 65.9 Å². The van der Waals surface area contributed by atoms with E-state index in [9.17, 15) is 0 Å². The highest BCUT2D eigenvalue weighted by molar-refractivity contribution is 5.83. The molecule has 314 valence electrons. The Morgan fingerprint density at radius 1 is 0.500 bits per heavy atom. The maximum Gasteiger partial charge on any atom is 0.124 e. The van der Waals surface area contributed by atoms with Crippen LogP contribution in [0.2, 0.25) is 0 Å². The fraction of sp³-hybridized carbons (Fsp3) is 0.236. The highest BCUT2D eigenvalue weighted by Crippen LogP contribution is 2.28. The lowest BCUT2D eigenvalue weighted by Crippen LogP contribution is -2.30. The van der Waals surface area contributed by atoms with Crippen LogP contribution in [0.1, 0.15) is 51.8 Å². The summed E-state index contributed by atoms with van der Waals surface area (Å²) in [5.41, 5.74) is 6.74. The van der Waals surface area contributed by atoms with Crippen LogP contribution in [0.3, 0.4) is 0 Å². The molecule has 1 heterocycles. The van der Waals surface area contributed by atoms with Gasteiger partial charge in [0.05, 0.1) is 64.4 Å². The minimum absolute atomic E-state index is 0.232. The van der Waals surface area contributed by atoms with Crippen molar-refractivity contribution >= 4 is 10.8 Å². The lowest BCUT2D eigenvalue weighted by Gasteiger charge is -2.22. The Balaban J connectivity index is 1.12. The lowest BCUT2D eigenvalue weighted by atomic mass is 10.1. The largest absolute Gasteiger partial charge is 0.502 e. The number of ether oxygens (including phenoxy) is 6. The van der Waals surface area contributed by atoms with Crippen molar-refractivity contribution in [3.05, 3.63) is 204 Å². The van der Waals surface area contributed by atoms with Crippen LogP contribution in [0, 0.1) is 23.7 Å². The summed E-state index contributed by atoms with van der Waals surface area (Å²) in [4.78, 5) is 2.41. The fourth-order valence-corrected chi connectivity index (χ4v) is 7.23. The van der Waals surface area contributed by atoms with Crippen LogP contribution in [-0.2, 0) is 38.7 Å². The molecule has 1 aliphatic rings. The first-order valence-corrected chi connectivity index (χ1v) is 21.2. The number of nitrogens with zero attached hydrogens (tertiary/aromatic N) is 1. The fourth-order valence-electron chi connectivity index (χ4n) is 7.23. The Morgan fingerprint density at radius 3 is 1.50 bits per heavy atom. The monoisotopic (exact) mass is 823 g/mol. The van der Waals surface area contributed by atoms with Gasteiger partial charge in [-0.3, -0.25) is 4.90 Å². The molecule has 0 bridgehead atoms. The zero-order chi connectivity index (χ0) is 42.6.